The summed E-state index contributed by atoms with van der Waals surface area (Å²) >= 11 is 0. The van der Waals surface area contributed by atoms with Crippen LogP contribution in [0.15, 0.2) is 48.5 Å². The molecular weight excluding hydrogens is 367 g/mol. The van der Waals surface area contributed by atoms with Gasteiger partial charge < -0.3 is 15.5 Å². The van der Waals surface area contributed by atoms with Crippen LogP contribution >= 0.6 is 0 Å². The molecule has 1 saturated heterocycles. The zero-order valence-corrected chi connectivity index (χ0v) is 16.5. The Balaban J connectivity index is 1.36. The number of hydrogen-bond acceptors (Lipinski definition) is 3. The van der Waals surface area contributed by atoms with Crippen LogP contribution in [0, 0.1) is 23.1 Å². The third kappa shape index (κ3) is 6.58. The van der Waals surface area contributed by atoms with E-state index in [9.17, 15) is 9.18 Å². The number of carbonyl (C=O) groups is 1. The molecule has 2 aromatic carbocycles. The normalized spacial score (nSPS) is 16.8. The van der Waals surface area contributed by atoms with Crippen LogP contribution in [0.3, 0.4) is 0 Å². The molecule has 152 valence electrons. The first-order chi connectivity index (χ1) is 14.1. The van der Waals surface area contributed by atoms with E-state index < -0.39 is 0 Å². The van der Waals surface area contributed by atoms with E-state index >= 15 is 0 Å². The van der Waals surface area contributed by atoms with Gasteiger partial charge in [0.05, 0.1) is 11.6 Å². The molecule has 2 amide bonds. The Hall–Kier alpha value is -2.91. The first-order valence-corrected chi connectivity index (χ1v) is 10.1. The predicted molar refractivity (Wildman–Crippen MR) is 112 cm³/mol. The average Bonchev–Trinajstić information content (AvgIpc) is 2.73. The average molecular weight is 394 g/mol. The molecule has 0 aromatic heterocycles. The number of piperidine rings is 1. The minimum absolute atomic E-state index is 0.111. The number of nitrogens with one attached hydrogen (secondary N) is 2. The minimum atomic E-state index is -0.267. The summed E-state index contributed by atoms with van der Waals surface area (Å²) in [5.74, 6) is 0.365. The minimum Gasteiger partial charge on any atom is -0.338 e. The van der Waals surface area contributed by atoms with Gasteiger partial charge >= 0.3 is 6.03 Å². The van der Waals surface area contributed by atoms with Crippen molar-refractivity contribution in [1.29, 1.82) is 5.26 Å². The lowest BCUT2D eigenvalue weighted by molar-refractivity contribution is 0.172. The summed E-state index contributed by atoms with van der Waals surface area (Å²) in [6.45, 7) is 3.53. The Bertz CT molecular complexity index is 864. The second-order valence-electron chi connectivity index (χ2n) is 7.53. The molecule has 1 aliphatic rings. The van der Waals surface area contributed by atoms with Gasteiger partial charge in [-0.05, 0) is 74.5 Å². The molecule has 1 heterocycles. The van der Waals surface area contributed by atoms with Gasteiger partial charge in [-0.15, -0.1) is 0 Å². The molecule has 0 spiro atoms. The van der Waals surface area contributed by atoms with Crippen molar-refractivity contribution in [2.45, 2.75) is 25.7 Å². The van der Waals surface area contributed by atoms with E-state index in [-0.39, 0.29) is 11.8 Å². The Kier molecular flexibility index (Phi) is 7.60. The Labute approximate surface area is 171 Å². The first kappa shape index (κ1) is 20.8. The highest BCUT2D eigenvalue weighted by atomic mass is 19.1. The van der Waals surface area contributed by atoms with Crippen LogP contribution < -0.4 is 10.6 Å². The number of amides is 2. The fraction of sp³-hybridized carbons (Fsp3) is 0.391. The predicted octanol–water partition coefficient (Wildman–Crippen LogP) is 4.16. The van der Waals surface area contributed by atoms with Gasteiger partial charge in [-0.3, -0.25) is 0 Å². The van der Waals surface area contributed by atoms with Crippen molar-refractivity contribution in [2.24, 2.45) is 5.92 Å². The maximum atomic E-state index is 13.9. The molecule has 29 heavy (non-hydrogen) atoms. The number of likely N-dealkylation sites (tertiary alicyclic amines) is 1. The van der Waals surface area contributed by atoms with E-state index in [1.54, 1.807) is 30.3 Å². The Morgan fingerprint density at radius 3 is 2.93 bits per heavy atom. The second-order valence-corrected chi connectivity index (χ2v) is 7.53. The van der Waals surface area contributed by atoms with Crippen molar-refractivity contribution < 1.29 is 9.18 Å². The summed E-state index contributed by atoms with van der Waals surface area (Å²) < 4.78 is 13.9. The quantitative estimate of drug-likeness (QED) is 0.693. The van der Waals surface area contributed by atoms with Gasteiger partial charge in [-0.1, -0.05) is 24.3 Å². The molecule has 0 saturated carbocycles. The standard InChI is InChI=1S/C23H27FN4O/c24-22-10-2-1-8-20(22)14-19-7-4-12-28(17-19)13-5-11-26-23(29)27-21-9-3-6-18(15-21)16-25/h1-3,6,8-10,15,19H,4-5,7,11-14,17H2,(H2,26,27,29). The van der Waals surface area contributed by atoms with Crippen molar-refractivity contribution in [2.75, 3.05) is 31.5 Å². The van der Waals surface area contributed by atoms with E-state index in [2.05, 4.69) is 21.6 Å². The van der Waals surface area contributed by atoms with Crippen molar-refractivity contribution in [1.82, 2.24) is 10.2 Å². The van der Waals surface area contributed by atoms with E-state index in [0.717, 1.165) is 50.9 Å². The summed E-state index contributed by atoms with van der Waals surface area (Å²) in [6.07, 6.45) is 3.90. The molecule has 1 fully saturated rings. The molecule has 3 rings (SSSR count). The molecule has 2 N–H and O–H groups in total. The Morgan fingerprint density at radius 1 is 1.24 bits per heavy atom. The molecule has 1 atom stereocenters. The molecule has 0 radical (unpaired) electrons. The summed E-state index contributed by atoms with van der Waals surface area (Å²) in [4.78, 5) is 14.4. The maximum absolute atomic E-state index is 13.9. The van der Waals surface area contributed by atoms with E-state index in [1.807, 2.05) is 12.1 Å². The fourth-order valence-electron chi connectivity index (χ4n) is 3.84. The van der Waals surface area contributed by atoms with Crippen LogP contribution in [0.5, 0.6) is 0 Å². The zero-order chi connectivity index (χ0) is 20.5. The summed E-state index contributed by atoms with van der Waals surface area (Å²) in [5.41, 5.74) is 1.92. The lowest BCUT2D eigenvalue weighted by Crippen LogP contribution is -2.38. The van der Waals surface area contributed by atoms with Crippen molar-refractivity contribution in [3.05, 3.63) is 65.5 Å². The number of hydrogen-bond donors (Lipinski definition) is 2. The largest absolute Gasteiger partial charge is 0.338 e. The topological polar surface area (TPSA) is 68.2 Å². The molecule has 0 aliphatic carbocycles. The number of nitriles is 1. The number of halogens is 1. The van der Waals surface area contributed by atoms with Gasteiger partial charge in [0.15, 0.2) is 0 Å². The summed E-state index contributed by atoms with van der Waals surface area (Å²) in [5, 5.41) is 14.5. The maximum Gasteiger partial charge on any atom is 0.319 e. The first-order valence-electron chi connectivity index (χ1n) is 10.1. The van der Waals surface area contributed by atoms with Gasteiger partial charge in [0.1, 0.15) is 5.82 Å². The SMILES string of the molecule is N#Cc1cccc(NC(=O)NCCCN2CCCC(Cc3ccccc3F)C2)c1. The Morgan fingerprint density at radius 2 is 2.10 bits per heavy atom. The monoisotopic (exact) mass is 394 g/mol. The van der Waals surface area contributed by atoms with Gasteiger partial charge in [-0.2, -0.15) is 5.26 Å². The highest BCUT2D eigenvalue weighted by molar-refractivity contribution is 5.89. The molecule has 1 unspecified atom stereocenters. The molecule has 6 heteroatoms. The number of carbonyl (C=O) groups excluding carboxylic acids is 1. The molecule has 1 aliphatic heterocycles. The third-order valence-corrected chi connectivity index (χ3v) is 5.26. The fourth-order valence-corrected chi connectivity index (χ4v) is 3.84. The van der Waals surface area contributed by atoms with Crippen LogP contribution in [-0.2, 0) is 6.42 Å². The number of rotatable bonds is 7. The lowest BCUT2D eigenvalue weighted by atomic mass is 9.91. The van der Waals surface area contributed by atoms with Crippen LogP contribution in [0.2, 0.25) is 0 Å². The smallest absolute Gasteiger partial charge is 0.319 e. The molecule has 5 nitrogen and oxygen atoms in total. The number of anilines is 1. The molecule has 2 aromatic rings. The van der Waals surface area contributed by atoms with Gasteiger partial charge in [0.2, 0.25) is 0 Å². The third-order valence-electron chi connectivity index (χ3n) is 5.26. The highest BCUT2D eigenvalue weighted by Gasteiger charge is 2.20. The van der Waals surface area contributed by atoms with Crippen LogP contribution in [0.1, 0.15) is 30.4 Å². The van der Waals surface area contributed by atoms with Crippen LogP contribution in [0.25, 0.3) is 0 Å². The number of urea groups is 1. The summed E-state index contributed by atoms with van der Waals surface area (Å²) in [6, 6.07) is 15.7. The van der Waals surface area contributed by atoms with Crippen LogP contribution in [-0.4, -0.2) is 37.1 Å². The lowest BCUT2D eigenvalue weighted by Gasteiger charge is -2.33. The van der Waals surface area contributed by atoms with Crippen molar-refractivity contribution in [3.8, 4) is 6.07 Å². The van der Waals surface area contributed by atoms with Crippen molar-refractivity contribution in [3.63, 3.8) is 0 Å². The van der Waals surface area contributed by atoms with Crippen LogP contribution in [0.4, 0.5) is 14.9 Å². The summed E-state index contributed by atoms with van der Waals surface area (Å²) in [7, 11) is 0. The number of benzene rings is 2. The number of nitrogens with zero attached hydrogens (tertiary/aromatic N) is 2. The highest BCUT2D eigenvalue weighted by Crippen LogP contribution is 2.22. The zero-order valence-electron chi connectivity index (χ0n) is 16.5. The van der Waals surface area contributed by atoms with E-state index in [0.29, 0.717) is 23.7 Å². The van der Waals surface area contributed by atoms with Gasteiger partial charge in [0, 0.05) is 18.8 Å². The second kappa shape index (κ2) is 10.6. The van der Waals surface area contributed by atoms with Crippen molar-refractivity contribution >= 4 is 11.7 Å². The van der Waals surface area contributed by atoms with Gasteiger partial charge in [-0.25, -0.2) is 9.18 Å². The molecular formula is C23H27FN4O. The van der Waals surface area contributed by atoms with E-state index in [1.165, 1.54) is 6.07 Å². The molecule has 0 bridgehead atoms. The van der Waals surface area contributed by atoms with Gasteiger partial charge in [0.25, 0.3) is 0 Å². The van der Waals surface area contributed by atoms with E-state index in [4.69, 9.17) is 5.26 Å².